The molecule has 1 aromatic heterocycles. The van der Waals surface area contributed by atoms with E-state index in [1.54, 1.807) is 28.8 Å². The van der Waals surface area contributed by atoms with Gasteiger partial charge in [0.25, 0.3) is 0 Å². The van der Waals surface area contributed by atoms with Crippen LogP contribution in [-0.2, 0) is 16.9 Å². The van der Waals surface area contributed by atoms with E-state index in [1.165, 1.54) is 23.9 Å². The van der Waals surface area contributed by atoms with Gasteiger partial charge in [-0.2, -0.15) is 0 Å². The molecule has 0 spiro atoms. The van der Waals surface area contributed by atoms with Crippen LogP contribution in [0, 0.1) is 5.82 Å². The second-order valence-electron chi connectivity index (χ2n) is 6.21. The molecule has 0 bridgehead atoms. The molecule has 0 aliphatic heterocycles. The van der Waals surface area contributed by atoms with Gasteiger partial charge in [-0.05, 0) is 48.9 Å². The van der Waals surface area contributed by atoms with Crippen LogP contribution in [0.2, 0.25) is 0 Å². The van der Waals surface area contributed by atoms with Crippen LogP contribution in [0.3, 0.4) is 0 Å². The van der Waals surface area contributed by atoms with Gasteiger partial charge >= 0.3 is 0 Å². The summed E-state index contributed by atoms with van der Waals surface area (Å²) < 4.78 is 14.6. The number of carbonyl (C=O) groups is 1. The average Bonchev–Trinajstić information content (AvgIpc) is 2.95. The summed E-state index contributed by atoms with van der Waals surface area (Å²) in [5.74, 6) is -0.0798. The molecule has 0 aliphatic carbocycles. The first-order chi connectivity index (χ1) is 10.8. The van der Waals surface area contributed by atoms with Crippen molar-refractivity contribution in [3.8, 4) is 0 Å². The number of nitrogens with zero attached hydrogens (tertiary/aromatic N) is 5. The molecule has 0 saturated carbocycles. The van der Waals surface area contributed by atoms with Crippen LogP contribution in [0.25, 0.3) is 0 Å². The molecule has 1 aromatic carbocycles. The number of tetrazole rings is 1. The lowest BCUT2D eigenvalue weighted by molar-refractivity contribution is -0.127. The normalized spacial score (nSPS) is 11.5. The van der Waals surface area contributed by atoms with Crippen molar-refractivity contribution in [3.63, 3.8) is 0 Å². The van der Waals surface area contributed by atoms with E-state index in [9.17, 15) is 9.18 Å². The van der Waals surface area contributed by atoms with Gasteiger partial charge in [-0.15, -0.1) is 5.10 Å². The van der Waals surface area contributed by atoms with Crippen LogP contribution in [-0.4, -0.2) is 43.8 Å². The van der Waals surface area contributed by atoms with Crippen LogP contribution >= 0.6 is 11.8 Å². The number of amides is 1. The Morgan fingerprint density at radius 3 is 2.57 bits per heavy atom. The minimum atomic E-state index is -0.285. The quantitative estimate of drug-likeness (QED) is 0.784. The maximum atomic E-state index is 12.9. The first kappa shape index (κ1) is 17.4. The minimum Gasteiger partial charge on any atom is -0.341 e. The van der Waals surface area contributed by atoms with Gasteiger partial charge in [-0.25, -0.2) is 9.07 Å². The molecular formula is C15H20FN5OS. The molecule has 8 heteroatoms. The first-order valence-electron chi connectivity index (χ1n) is 7.17. The molecular weight excluding hydrogens is 317 g/mol. The van der Waals surface area contributed by atoms with Crippen LogP contribution in [0.4, 0.5) is 4.39 Å². The number of hydrogen-bond acceptors (Lipinski definition) is 5. The lowest BCUT2D eigenvalue weighted by atomic mass is 10.1. The Hall–Kier alpha value is -1.96. The molecule has 124 valence electrons. The Labute approximate surface area is 139 Å². The topological polar surface area (TPSA) is 63.9 Å². The number of hydrogen-bond donors (Lipinski definition) is 0. The highest BCUT2D eigenvalue weighted by atomic mass is 32.2. The number of benzene rings is 1. The van der Waals surface area contributed by atoms with E-state index in [0.29, 0.717) is 11.7 Å². The molecule has 0 saturated heterocycles. The predicted molar refractivity (Wildman–Crippen MR) is 86.4 cm³/mol. The van der Waals surface area contributed by atoms with Gasteiger partial charge in [0.1, 0.15) is 5.82 Å². The molecule has 0 radical (unpaired) electrons. The van der Waals surface area contributed by atoms with E-state index < -0.39 is 0 Å². The molecule has 0 aliphatic rings. The van der Waals surface area contributed by atoms with E-state index in [1.807, 2.05) is 20.8 Å². The molecule has 2 aromatic rings. The zero-order chi connectivity index (χ0) is 17.0. The Balaban J connectivity index is 1.92. The van der Waals surface area contributed by atoms with Crippen LogP contribution < -0.4 is 0 Å². The molecule has 0 N–H and O–H groups in total. The Kier molecular flexibility index (Phi) is 5.35. The molecule has 0 unspecified atom stereocenters. The largest absolute Gasteiger partial charge is 0.341 e. The summed E-state index contributed by atoms with van der Waals surface area (Å²) in [6.45, 7) is 6.42. The number of halogens is 1. The SMILES string of the molecule is CN(Cc1ccc(F)cc1)C(=O)CSc1nnnn1C(C)(C)C. The summed E-state index contributed by atoms with van der Waals surface area (Å²) in [5.41, 5.74) is 0.640. The van der Waals surface area contributed by atoms with Gasteiger partial charge in [0, 0.05) is 13.6 Å². The highest BCUT2D eigenvalue weighted by Crippen LogP contribution is 2.21. The number of rotatable bonds is 5. The predicted octanol–water partition coefficient (Wildman–Crippen LogP) is 2.32. The summed E-state index contributed by atoms with van der Waals surface area (Å²) in [6, 6.07) is 6.12. The zero-order valence-corrected chi connectivity index (χ0v) is 14.5. The van der Waals surface area contributed by atoms with E-state index >= 15 is 0 Å². The van der Waals surface area contributed by atoms with Crippen LogP contribution in [0.15, 0.2) is 29.4 Å². The number of aromatic nitrogens is 4. The molecule has 1 amide bonds. The smallest absolute Gasteiger partial charge is 0.233 e. The minimum absolute atomic E-state index is 0.0391. The summed E-state index contributed by atoms with van der Waals surface area (Å²) in [6.07, 6.45) is 0. The summed E-state index contributed by atoms with van der Waals surface area (Å²) in [7, 11) is 1.72. The maximum absolute atomic E-state index is 12.9. The van der Waals surface area contributed by atoms with Gasteiger partial charge in [0.15, 0.2) is 0 Å². The van der Waals surface area contributed by atoms with E-state index in [-0.39, 0.29) is 23.0 Å². The standard InChI is InChI=1S/C15H20FN5OS/c1-15(2,3)21-14(17-18-19-21)23-10-13(22)20(4)9-11-5-7-12(16)8-6-11/h5-8H,9-10H2,1-4H3. The third-order valence-electron chi connectivity index (χ3n) is 3.16. The highest BCUT2D eigenvalue weighted by molar-refractivity contribution is 7.99. The second kappa shape index (κ2) is 7.08. The molecule has 0 fully saturated rings. The van der Waals surface area contributed by atoms with Crippen molar-refractivity contribution in [3.05, 3.63) is 35.6 Å². The Bertz CT molecular complexity index is 665. The zero-order valence-electron chi connectivity index (χ0n) is 13.7. The molecule has 2 rings (SSSR count). The first-order valence-corrected chi connectivity index (χ1v) is 8.16. The highest BCUT2D eigenvalue weighted by Gasteiger charge is 2.21. The second-order valence-corrected chi connectivity index (χ2v) is 7.15. The van der Waals surface area contributed by atoms with E-state index in [0.717, 1.165) is 5.56 Å². The fourth-order valence-electron chi connectivity index (χ4n) is 1.88. The lowest BCUT2D eigenvalue weighted by Gasteiger charge is -2.20. The van der Waals surface area contributed by atoms with Crippen molar-refractivity contribution in [1.82, 2.24) is 25.1 Å². The van der Waals surface area contributed by atoms with Crippen molar-refractivity contribution in [2.45, 2.75) is 38.0 Å². The number of carbonyl (C=O) groups excluding carboxylic acids is 1. The third kappa shape index (κ3) is 4.75. The van der Waals surface area contributed by atoms with Crippen LogP contribution in [0.1, 0.15) is 26.3 Å². The summed E-state index contributed by atoms with van der Waals surface area (Å²) in [4.78, 5) is 13.8. The molecule has 6 nitrogen and oxygen atoms in total. The van der Waals surface area contributed by atoms with Crippen molar-refractivity contribution < 1.29 is 9.18 Å². The van der Waals surface area contributed by atoms with Crippen molar-refractivity contribution >= 4 is 17.7 Å². The fraction of sp³-hybridized carbons (Fsp3) is 0.467. The van der Waals surface area contributed by atoms with Crippen LogP contribution in [0.5, 0.6) is 0 Å². The maximum Gasteiger partial charge on any atom is 0.233 e. The van der Waals surface area contributed by atoms with Gasteiger partial charge in [-0.3, -0.25) is 4.79 Å². The van der Waals surface area contributed by atoms with E-state index in [4.69, 9.17) is 0 Å². The fourth-order valence-corrected chi connectivity index (χ4v) is 2.88. The van der Waals surface area contributed by atoms with E-state index in [2.05, 4.69) is 15.5 Å². The van der Waals surface area contributed by atoms with Gasteiger partial charge < -0.3 is 4.90 Å². The van der Waals surface area contributed by atoms with Crippen molar-refractivity contribution in [2.24, 2.45) is 0 Å². The van der Waals surface area contributed by atoms with Gasteiger partial charge in [0.2, 0.25) is 11.1 Å². The number of thioether (sulfide) groups is 1. The average molecular weight is 337 g/mol. The molecule has 1 heterocycles. The monoisotopic (exact) mass is 337 g/mol. The van der Waals surface area contributed by atoms with Crippen molar-refractivity contribution in [2.75, 3.05) is 12.8 Å². The lowest BCUT2D eigenvalue weighted by Crippen LogP contribution is -2.28. The summed E-state index contributed by atoms with van der Waals surface area (Å²) in [5, 5.41) is 12.2. The van der Waals surface area contributed by atoms with Crippen molar-refractivity contribution in [1.29, 1.82) is 0 Å². The Morgan fingerprint density at radius 2 is 1.96 bits per heavy atom. The Morgan fingerprint density at radius 1 is 1.30 bits per heavy atom. The summed E-state index contributed by atoms with van der Waals surface area (Å²) >= 11 is 1.31. The molecule has 0 atom stereocenters. The molecule has 23 heavy (non-hydrogen) atoms. The van der Waals surface area contributed by atoms with Gasteiger partial charge in [0.05, 0.1) is 11.3 Å². The third-order valence-corrected chi connectivity index (χ3v) is 4.06. The van der Waals surface area contributed by atoms with Gasteiger partial charge in [-0.1, -0.05) is 23.9 Å².